The molecule has 64 heavy (non-hydrogen) atoms. The monoisotopic (exact) mass is 922 g/mol. The molecule has 2 atom stereocenters. The van der Waals surface area contributed by atoms with E-state index >= 15 is 0 Å². The standard InChI is InChI=1S/C54H100NO8P/c1-3-5-7-9-11-13-15-17-19-21-23-25-27-28-30-32-34-36-38-40-42-44-46-53(56)60-50-52(51-62-64(58,59)61-49-48-55)63-54(57)47-45-43-41-39-37-35-33-31-29-26-24-22-20-18-16-14-12-10-8-6-4-2/h6,8,12,14,18,20,24,26,52H,3-5,7,9-11,13,15-17,19,21-23,25,27-51,55H2,1-2H3,(H,58,59)/b8-6-,14-12-,20-18-,26-24-. The lowest BCUT2D eigenvalue weighted by Crippen LogP contribution is -2.29. The zero-order chi connectivity index (χ0) is 46.7. The minimum absolute atomic E-state index is 0.0518. The van der Waals surface area contributed by atoms with E-state index in [-0.39, 0.29) is 38.6 Å². The molecule has 9 nitrogen and oxygen atoms in total. The molecule has 0 saturated carbocycles. The third kappa shape index (κ3) is 49.4. The van der Waals surface area contributed by atoms with Crippen LogP contribution in [0, 0.1) is 0 Å². The summed E-state index contributed by atoms with van der Waals surface area (Å²) in [6.45, 7) is 3.65. The van der Waals surface area contributed by atoms with E-state index in [9.17, 15) is 19.0 Å². The SMILES string of the molecule is CC/C=C\C/C=C\C/C=C\C/C=C\CCCCCCCCCCC(=O)OC(COC(=O)CCCCCCCCCCCCCCCCCCCCCCCC)COP(=O)(O)OCCN. The van der Waals surface area contributed by atoms with Crippen molar-refractivity contribution >= 4 is 19.8 Å². The predicted molar refractivity (Wildman–Crippen MR) is 270 cm³/mol. The average Bonchev–Trinajstić information content (AvgIpc) is 3.28. The van der Waals surface area contributed by atoms with Gasteiger partial charge in [-0.1, -0.05) is 236 Å². The molecule has 0 aromatic heterocycles. The van der Waals surface area contributed by atoms with Crippen LogP contribution in [0.5, 0.6) is 0 Å². The fourth-order valence-electron chi connectivity index (χ4n) is 7.57. The molecular formula is C54H100NO8P. The number of phosphoric acid groups is 1. The molecule has 3 N–H and O–H groups in total. The quantitative estimate of drug-likeness (QED) is 0.0265. The maximum absolute atomic E-state index is 12.7. The van der Waals surface area contributed by atoms with E-state index in [1.807, 2.05) is 0 Å². The smallest absolute Gasteiger partial charge is 0.462 e. The van der Waals surface area contributed by atoms with E-state index in [0.29, 0.717) is 6.42 Å². The van der Waals surface area contributed by atoms with Gasteiger partial charge in [-0.3, -0.25) is 18.6 Å². The molecule has 0 fully saturated rings. The number of hydrogen-bond acceptors (Lipinski definition) is 8. The van der Waals surface area contributed by atoms with Crippen LogP contribution in [0.1, 0.15) is 251 Å². The third-order valence-corrected chi connectivity index (χ3v) is 12.5. The number of hydrogen-bond donors (Lipinski definition) is 2. The van der Waals surface area contributed by atoms with Gasteiger partial charge in [-0.25, -0.2) is 4.57 Å². The lowest BCUT2D eigenvalue weighted by Gasteiger charge is -2.19. The maximum atomic E-state index is 12.7. The van der Waals surface area contributed by atoms with Crippen LogP contribution in [0.3, 0.4) is 0 Å². The Hall–Kier alpha value is -2.03. The molecule has 0 saturated heterocycles. The van der Waals surface area contributed by atoms with Gasteiger partial charge < -0.3 is 20.1 Å². The molecule has 0 aliphatic heterocycles. The summed E-state index contributed by atoms with van der Waals surface area (Å²) in [5.74, 6) is -0.828. The van der Waals surface area contributed by atoms with Gasteiger partial charge in [-0.15, -0.1) is 0 Å². The number of rotatable bonds is 50. The first kappa shape index (κ1) is 62.0. The lowest BCUT2D eigenvalue weighted by atomic mass is 10.0. The summed E-state index contributed by atoms with van der Waals surface area (Å²) in [6, 6.07) is 0. The molecule has 0 spiro atoms. The van der Waals surface area contributed by atoms with Crippen LogP contribution in [-0.4, -0.2) is 49.3 Å². The molecule has 0 aliphatic carbocycles. The number of phosphoric ester groups is 1. The van der Waals surface area contributed by atoms with Crippen molar-refractivity contribution in [3.63, 3.8) is 0 Å². The Kier molecular flexibility index (Phi) is 48.8. The van der Waals surface area contributed by atoms with Gasteiger partial charge in [0.2, 0.25) is 0 Å². The summed E-state index contributed by atoms with van der Waals surface area (Å²) in [5, 5.41) is 0. The molecule has 0 rings (SSSR count). The molecule has 0 aromatic rings. The summed E-state index contributed by atoms with van der Waals surface area (Å²) in [5.41, 5.74) is 5.37. The van der Waals surface area contributed by atoms with E-state index in [2.05, 4.69) is 62.5 Å². The summed E-state index contributed by atoms with van der Waals surface area (Å²) >= 11 is 0. The number of carbonyl (C=O) groups is 2. The number of allylic oxidation sites excluding steroid dienone is 8. The highest BCUT2D eigenvalue weighted by atomic mass is 31.2. The fourth-order valence-corrected chi connectivity index (χ4v) is 8.33. The van der Waals surface area contributed by atoms with E-state index < -0.39 is 26.5 Å². The van der Waals surface area contributed by atoms with Crippen molar-refractivity contribution in [3.8, 4) is 0 Å². The van der Waals surface area contributed by atoms with Crippen molar-refractivity contribution in [3.05, 3.63) is 48.6 Å². The minimum Gasteiger partial charge on any atom is -0.462 e. The van der Waals surface area contributed by atoms with Gasteiger partial charge in [-0.2, -0.15) is 0 Å². The molecule has 374 valence electrons. The largest absolute Gasteiger partial charge is 0.472 e. The Morgan fingerprint density at radius 3 is 1.28 bits per heavy atom. The highest BCUT2D eigenvalue weighted by molar-refractivity contribution is 7.47. The topological polar surface area (TPSA) is 134 Å². The number of esters is 2. The number of nitrogens with two attached hydrogens (primary N) is 1. The number of carbonyl (C=O) groups excluding carboxylic acids is 2. The molecule has 10 heteroatoms. The van der Waals surface area contributed by atoms with Gasteiger partial charge in [-0.05, 0) is 51.4 Å². The second-order valence-electron chi connectivity index (χ2n) is 17.7. The van der Waals surface area contributed by atoms with E-state index in [0.717, 1.165) is 70.6 Å². The highest BCUT2D eigenvalue weighted by Gasteiger charge is 2.26. The van der Waals surface area contributed by atoms with Crippen molar-refractivity contribution in [2.75, 3.05) is 26.4 Å². The van der Waals surface area contributed by atoms with Crippen molar-refractivity contribution in [1.82, 2.24) is 0 Å². The van der Waals surface area contributed by atoms with Gasteiger partial charge in [0.15, 0.2) is 6.10 Å². The number of unbranched alkanes of at least 4 members (excludes halogenated alkanes) is 29. The van der Waals surface area contributed by atoms with Gasteiger partial charge in [0.1, 0.15) is 6.61 Å². The van der Waals surface area contributed by atoms with Crippen LogP contribution in [0.25, 0.3) is 0 Å². The second kappa shape index (κ2) is 50.4. The molecule has 0 heterocycles. The van der Waals surface area contributed by atoms with Crippen LogP contribution in [0.15, 0.2) is 48.6 Å². The van der Waals surface area contributed by atoms with Crippen LogP contribution in [0.4, 0.5) is 0 Å². The first-order valence-electron chi connectivity index (χ1n) is 26.6. The van der Waals surface area contributed by atoms with Crippen molar-refractivity contribution in [2.24, 2.45) is 5.73 Å². The van der Waals surface area contributed by atoms with Crippen molar-refractivity contribution < 1.29 is 37.6 Å². The summed E-state index contributed by atoms with van der Waals surface area (Å²) in [7, 11) is -4.39. The van der Waals surface area contributed by atoms with E-state index in [1.54, 1.807) is 0 Å². The Morgan fingerprint density at radius 2 is 0.859 bits per heavy atom. The Labute approximate surface area is 394 Å². The summed E-state index contributed by atoms with van der Waals surface area (Å²) in [6.07, 6.45) is 60.1. The fraction of sp³-hybridized carbons (Fsp3) is 0.815. The molecule has 0 amide bonds. The molecule has 0 aliphatic rings. The van der Waals surface area contributed by atoms with E-state index in [4.69, 9.17) is 24.3 Å². The van der Waals surface area contributed by atoms with Crippen molar-refractivity contribution in [2.45, 2.75) is 258 Å². The summed E-state index contributed by atoms with van der Waals surface area (Å²) < 4.78 is 33.0. The van der Waals surface area contributed by atoms with Crippen LogP contribution < -0.4 is 5.73 Å². The zero-order valence-electron chi connectivity index (χ0n) is 41.5. The summed E-state index contributed by atoms with van der Waals surface area (Å²) in [4.78, 5) is 35.1. The Bertz CT molecular complexity index is 1190. The zero-order valence-corrected chi connectivity index (χ0v) is 42.4. The maximum Gasteiger partial charge on any atom is 0.472 e. The van der Waals surface area contributed by atoms with Gasteiger partial charge >= 0.3 is 19.8 Å². The van der Waals surface area contributed by atoms with Crippen LogP contribution >= 0.6 is 7.82 Å². The molecule has 2 unspecified atom stereocenters. The Balaban J connectivity index is 4.01. The van der Waals surface area contributed by atoms with Gasteiger partial charge in [0.25, 0.3) is 0 Å². The van der Waals surface area contributed by atoms with Gasteiger partial charge in [0, 0.05) is 19.4 Å². The normalized spacial score (nSPS) is 13.5. The first-order chi connectivity index (χ1) is 31.3. The van der Waals surface area contributed by atoms with Gasteiger partial charge in [0.05, 0.1) is 13.2 Å². The molecule has 0 radical (unpaired) electrons. The second-order valence-corrected chi connectivity index (χ2v) is 19.2. The number of ether oxygens (including phenoxy) is 2. The molecule has 0 aromatic carbocycles. The highest BCUT2D eigenvalue weighted by Crippen LogP contribution is 2.43. The van der Waals surface area contributed by atoms with E-state index in [1.165, 1.54) is 148 Å². The Morgan fingerprint density at radius 1 is 0.484 bits per heavy atom. The molecule has 0 bridgehead atoms. The minimum atomic E-state index is -4.39. The van der Waals surface area contributed by atoms with Crippen molar-refractivity contribution in [1.29, 1.82) is 0 Å². The molecular weight excluding hydrogens is 822 g/mol. The van der Waals surface area contributed by atoms with Crippen LogP contribution in [0.2, 0.25) is 0 Å². The first-order valence-corrected chi connectivity index (χ1v) is 28.1. The van der Waals surface area contributed by atoms with Crippen LogP contribution in [-0.2, 0) is 32.7 Å². The third-order valence-electron chi connectivity index (χ3n) is 11.5. The predicted octanol–water partition coefficient (Wildman–Crippen LogP) is 16.2. The lowest BCUT2D eigenvalue weighted by molar-refractivity contribution is -0.161. The average molecular weight is 922 g/mol.